The van der Waals surface area contributed by atoms with Gasteiger partial charge in [-0.05, 0) is 59.7 Å². The summed E-state index contributed by atoms with van der Waals surface area (Å²) in [5.74, 6) is -2.56. The molecule has 15 heteroatoms. The molecule has 7 nitrogen and oxygen atoms in total. The number of amides is 2. The molecule has 1 aliphatic heterocycles. The first-order valence-electron chi connectivity index (χ1n) is 12.9. The van der Waals surface area contributed by atoms with E-state index in [1.54, 1.807) is 0 Å². The molecule has 0 spiro atoms. The summed E-state index contributed by atoms with van der Waals surface area (Å²) in [5.41, 5.74) is -1.92. The zero-order chi connectivity index (χ0) is 32.4. The number of hydrogen-bond donors (Lipinski definition) is 1. The first-order chi connectivity index (χ1) is 20.6. The van der Waals surface area contributed by atoms with E-state index < -0.39 is 53.8 Å². The van der Waals surface area contributed by atoms with Gasteiger partial charge in [0.2, 0.25) is 0 Å². The molecule has 1 heterocycles. The number of piperazine rings is 1. The molecule has 0 aliphatic carbocycles. The molecule has 1 aliphatic rings. The molecule has 4 rings (SSSR count). The third-order valence-corrected chi connectivity index (χ3v) is 7.17. The van der Waals surface area contributed by atoms with Crippen LogP contribution in [0.5, 0.6) is 5.75 Å². The minimum atomic E-state index is -4.80. The number of ether oxygens (including phenoxy) is 1. The summed E-state index contributed by atoms with van der Waals surface area (Å²) < 4.78 is 97.7. The van der Waals surface area contributed by atoms with Gasteiger partial charge in [-0.15, -0.1) is 0 Å². The summed E-state index contributed by atoms with van der Waals surface area (Å²) in [6.07, 6.45) is -8.97. The quantitative estimate of drug-likeness (QED) is 0.246. The Balaban J connectivity index is 1.49. The summed E-state index contributed by atoms with van der Waals surface area (Å²) in [6.45, 7) is -0.983. The Morgan fingerprint density at radius 2 is 1.66 bits per heavy atom. The van der Waals surface area contributed by atoms with Gasteiger partial charge in [-0.3, -0.25) is 9.59 Å². The van der Waals surface area contributed by atoms with Gasteiger partial charge >= 0.3 is 12.4 Å². The minimum absolute atomic E-state index is 0.00488. The van der Waals surface area contributed by atoms with E-state index in [1.165, 1.54) is 35.0 Å². The third kappa shape index (κ3) is 7.24. The number of nitrogens with zero attached hydrogens (tertiary/aromatic N) is 2. The van der Waals surface area contributed by atoms with Crippen LogP contribution in [0.4, 0.5) is 36.4 Å². The number of aldehydes is 1. The molecule has 1 unspecified atom stereocenters. The van der Waals surface area contributed by atoms with Crippen molar-refractivity contribution >= 4 is 35.4 Å². The Hall–Kier alpha value is -4.33. The zero-order valence-corrected chi connectivity index (χ0v) is 23.5. The Bertz CT molecular complexity index is 1580. The number of hydrogen-bond acceptors (Lipinski definition) is 5. The van der Waals surface area contributed by atoms with E-state index in [4.69, 9.17) is 16.3 Å². The number of benzene rings is 3. The maximum Gasteiger partial charge on any atom is 0.416 e. The van der Waals surface area contributed by atoms with Gasteiger partial charge < -0.3 is 24.6 Å². The average Bonchev–Trinajstić information content (AvgIpc) is 2.98. The van der Waals surface area contributed by atoms with E-state index in [2.05, 4.69) is 5.32 Å². The molecule has 3 aromatic rings. The highest BCUT2D eigenvalue weighted by molar-refractivity contribution is 6.32. The lowest BCUT2D eigenvalue weighted by molar-refractivity contribution is -0.138. The summed E-state index contributed by atoms with van der Waals surface area (Å²) in [7, 11) is 1.51. The Kier molecular flexibility index (Phi) is 9.42. The van der Waals surface area contributed by atoms with Gasteiger partial charge in [0.05, 0.1) is 21.7 Å². The van der Waals surface area contributed by atoms with Crippen LogP contribution in [0.2, 0.25) is 5.02 Å². The van der Waals surface area contributed by atoms with E-state index in [0.717, 1.165) is 24.3 Å². The Labute approximate surface area is 251 Å². The van der Waals surface area contributed by atoms with Crippen LogP contribution < -0.4 is 10.1 Å². The van der Waals surface area contributed by atoms with E-state index in [0.29, 0.717) is 18.4 Å². The highest BCUT2D eigenvalue weighted by Crippen LogP contribution is 2.36. The lowest BCUT2D eigenvalue weighted by Crippen LogP contribution is -2.58. The van der Waals surface area contributed by atoms with Crippen molar-refractivity contribution in [3.63, 3.8) is 0 Å². The molecule has 3 aromatic carbocycles. The first-order valence-corrected chi connectivity index (χ1v) is 13.2. The van der Waals surface area contributed by atoms with E-state index in [-0.39, 0.29) is 52.8 Å². The molecular weight excluding hydrogens is 623 g/mol. The first kappa shape index (κ1) is 32.6. The fraction of sp³-hybridized carbons (Fsp3) is 0.276. The molecule has 0 bridgehead atoms. The van der Waals surface area contributed by atoms with Crippen LogP contribution in [-0.2, 0) is 21.9 Å². The van der Waals surface area contributed by atoms with Gasteiger partial charge in [0.15, 0.2) is 6.61 Å². The third-order valence-electron chi connectivity index (χ3n) is 6.88. The summed E-state index contributed by atoms with van der Waals surface area (Å²) >= 11 is 5.86. The molecule has 1 fully saturated rings. The monoisotopic (exact) mass is 645 g/mol. The maximum atomic E-state index is 14.1. The van der Waals surface area contributed by atoms with Crippen molar-refractivity contribution in [2.75, 3.05) is 38.6 Å². The zero-order valence-electron chi connectivity index (χ0n) is 22.7. The number of rotatable bonds is 7. The lowest BCUT2D eigenvalue weighted by atomic mass is 9.98. The van der Waals surface area contributed by atoms with Crippen molar-refractivity contribution in [2.24, 2.45) is 0 Å². The normalized spacial score (nSPS) is 15.6. The van der Waals surface area contributed by atoms with Gasteiger partial charge in [0, 0.05) is 32.4 Å². The van der Waals surface area contributed by atoms with Crippen LogP contribution >= 0.6 is 11.6 Å². The van der Waals surface area contributed by atoms with Crippen molar-refractivity contribution in [3.05, 3.63) is 82.1 Å². The number of anilines is 1. The number of nitrogens with one attached hydrogen (secondary N) is 1. The van der Waals surface area contributed by atoms with Crippen LogP contribution in [0.15, 0.2) is 54.6 Å². The molecule has 1 N–H and O–H groups in total. The van der Waals surface area contributed by atoms with Crippen molar-refractivity contribution < 1.29 is 49.9 Å². The number of carbonyl (C=O) groups excluding carboxylic acids is 3. The van der Waals surface area contributed by atoms with Gasteiger partial charge in [0.25, 0.3) is 11.8 Å². The molecule has 1 atom stereocenters. The molecule has 0 radical (unpaired) electrons. The van der Waals surface area contributed by atoms with Crippen LogP contribution in [-0.4, -0.2) is 67.2 Å². The predicted octanol–water partition coefficient (Wildman–Crippen LogP) is 6.16. The molecule has 234 valence electrons. The number of halogens is 8. The summed E-state index contributed by atoms with van der Waals surface area (Å²) in [5, 5.41) is 2.45. The SMILES string of the molecule is CNc1ccc(-c2cc(F)cc(C(F)(F)F)c2)cc1C(=O)N1CCN(C(=O)COc2ccc(C(F)(F)F)cc2Cl)CC1C=O. The number of carbonyl (C=O) groups is 3. The van der Waals surface area contributed by atoms with Gasteiger partial charge in [-0.2, -0.15) is 26.3 Å². The van der Waals surface area contributed by atoms with Crippen LogP contribution in [0, 0.1) is 5.82 Å². The standard InChI is InChI=1S/C29H23ClF7N3O4/c1-38-24-4-2-16(17-8-19(29(35,36)37)11-20(31)9-17)10-22(24)27(43)40-7-6-39(13-21(40)14-41)26(42)15-44-25-5-3-18(12-23(25)30)28(32,33)34/h2-5,8-12,14,21,38H,6-7,13,15H2,1H3. The van der Waals surface area contributed by atoms with Crippen molar-refractivity contribution in [1.82, 2.24) is 9.80 Å². The van der Waals surface area contributed by atoms with E-state index >= 15 is 0 Å². The molecule has 2 amide bonds. The fourth-order valence-electron chi connectivity index (χ4n) is 4.62. The van der Waals surface area contributed by atoms with E-state index in [9.17, 15) is 45.1 Å². The largest absolute Gasteiger partial charge is 0.482 e. The Morgan fingerprint density at radius 3 is 2.27 bits per heavy atom. The molecule has 1 saturated heterocycles. The number of alkyl halides is 6. The summed E-state index contributed by atoms with van der Waals surface area (Å²) in [4.78, 5) is 40.8. The smallest absolute Gasteiger partial charge is 0.416 e. The molecular formula is C29H23ClF7N3O4. The van der Waals surface area contributed by atoms with Gasteiger partial charge in [-0.25, -0.2) is 4.39 Å². The highest BCUT2D eigenvalue weighted by atomic mass is 35.5. The van der Waals surface area contributed by atoms with Crippen molar-refractivity contribution in [2.45, 2.75) is 18.4 Å². The maximum absolute atomic E-state index is 14.1. The molecule has 0 aromatic heterocycles. The topological polar surface area (TPSA) is 79.0 Å². The second-order valence-corrected chi connectivity index (χ2v) is 10.1. The van der Waals surface area contributed by atoms with Crippen molar-refractivity contribution in [1.29, 1.82) is 0 Å². The minimum Gasteiger partial charge on any atom is -0.482 e. The summed E-state index contributed by atoms with van der Waals surface area (Å²) in [6, 6.07) is 7.40. The second kappa shape index (κ2) is 12.7. The van der Waals surface area contributed by atoms with Gasteiger partial charge in [0.1, 0.15) is 23.9 Å². The predicted molar refractivity (Wildman–Crippen MR) is 146 cm³/mol. The van der Waals surface area contributed by atoms with Gasteiger partial charge in [-0.1, -0.05) is 17.7 Å². The molecule has 44 heavy (non-hydrogen) atoms. The van der Waals surface area contributed by atoms with Crippen LogP contribution in [0.25, 0.3) is 11.1 Å². The van der Waals surface area contributed by atoms with Crippen molar-refractivity contribution in [3.8, 4) is 16.9 Å². The average molecular weight is 646 g/mol. The highest BCUT2D eigenvalue weighted by Gasteiger charge is 2.35. The fourth-order valence-corrected chi connectivity index (χ4v) is 4.86. The lowest BCUT2D eigenvalue weighted by Gasteiger charge is -2.39. The van der Waals surface area contributed by atoms with Crippen LogP contribution in [0.1, 0.15) is 21.5 Å². The Morgan fingerprint density at radius 1 is 0.955 bits per heavy atom. The molecule has 0 saturated carbocycles. The van der Waals surface area contributed by atoms with Crippen LogP contribution in [0.3, 0.4) is 0 Å². The van der Waals surface area contributed by atoms with E-state index in [1.807, 2.05) is 0 Å². The second-order valence-electron chi connectivity index (χ2n) is 9.71.